The van der Waals surface area contributed by atoms with Gasteiger partial charge in [-0.15, -0.1) is 6.58 Å². The molecule has 3 aromatic heterocycles. The molecule has 0 saturated carbocycles. The monoisotopic (exact) mass is 409 g/mol. The molecule has 28 heavy (non-hydrogen) atoms. The van der Waals surface area contributed by atoms with Crippen LogP contribution in [0, 0.1) is 11.7 Å². The van der Waals surface area contributed by atoms with E-state index in [2.05, 4.69) is 37.0 Å². The van der Waals surface area contributed by atoms with Crippen molar-refractivity contribution in [2.75, 3.05) is 5.32 Å². The summed E-state index contributed by atoms with van der Waals surface area (Å²) in [6.07, 6.45) is 3.19. The van der Waals surface area contributed by atoms with E-state index in [9.17, 15) is 4.79 Å². The maximum absolute atomic E-state index is 12.6. The van der Waals surface area contributed by atoms with Gasteiger partial charge < -0.3 is 0 Å². The number of carbonyl (C=O) groups excluding carboxylic acids is 1. The molecule has 1 amide bonds. The molecule has 0 fully saturated rings. The summed E-state index contributed by atoms with van der Waals surface area (Å²) in [5.41, 5.74) is 2.36. The number of aryl methyl sites for hydroxylation is 1. The van der Waals surface area contributed by atoms with Crippen molar-refractivity contribution in [3.05, 3.63) is 59.3 Å². The zero-order valence-electron chi connectivity index (χ0n) is 14.8. The van der Waals surface area contributed by atoms with Crippen LogP contribution in [0.4, 0.5) is 5.13 Å². The molecule has 140 valence electrons. The predicted octanol–water partition coefficient (Wildman–Crippen LogP) is 3.75. The van der Waals surface area contributed by atoms with Gasteiger partial charge >= 0.3 is 0 Å². The fourth-order valence-corrected chi connectivity index (χ4v) is 3.84. The van der Waals surface area contributed by atoms with E-state index >= 15 is 0 Å². The molecule has 4 rings (SSSR count). The molecule has 0 aliphatic rings. The number of aromatic nitrogens is 6. The number of fused-ring (bicyclic) bond motifs is 1. The van der Waals surface area contributed by atoms with Crippen molar-refractivity contribution >= 4 is 45.6 Å². The lowest BCUT2D eigenvalue weighted by molar-refractivity contribution is 0.102. The first kappa shape index (κ1) is 18.1. The van der Waals surface area contributed by atoms with Crippen LogP contribution >= 0.6 is 23.6 Å². The van der Waals surface area contributed by atoms with Gasteiger partial charge in [-0.3, -0.25) is 24.8 Å². The zero-order chi connectivity index (χ0) is 19.7. The van der Waals surface area contributed by atoms with E-state index in [-0.39, 0.29) is 11.6 Å². The average Bonchev–Trinajstić information content (AvgIpc) is 3.24. The molecule has 8 nitrogen and oxygen atoms in total. The number of amides is 1. The highest BCUT2D eigenvalue weighted by Gasteiger charge is 2.18. The van der Waals surface area contributed by atoms with Crippen molar-refractivity contribution in [3.63, 3.8) is 0 Å². The highest BCUT2D eigenvalue weighted by Crippen LogP contribution is 2.31. The molecule has 2 N–H and O–H groups in total. The Hall–Kier alpha value is -3.24. The summed E-state index contributed by atoms with van der Waals surface area (Å²) in [6.45, 7) is 6.12. The zero-order valence-corrected chi connectivity index (χ0v) is 16.5. The molecule has 4 aromatic rings. The molecule has 0 radical (unpaired) electrons. The second kappa shape index (κ2) is 7.41. The largest absolute Gasteiger partial charge is 0.296 e. The van der Waals surface area contributed by atoms with Crippen LogP contribution in [0.3, 0.4) is 0 Å². The van der Waals surface area contributed by atoms with Crippen LogP contribution in [0.15, 0.2) is 43.1 Å². The van der Waals surface area contributed by atoms with Crippen LogP contribution in [0.5, 0.6) is 0 Å². The Labute approximate surface area is 169 Å². The molecule has 3 heterocycles. The Morgan fingerprint density at radius 2 is 2.14 bits per heavy atom. The van der Waals surface area contributed by atoms with E-state index < -0.39 is 0 Å². The molecule has 0 bridgehead atoms. The Bertz CT molecular complexity index is 1250. The summed E-state index contributed by atoms with van der Waals surface area (Å²) >= 11 is 6.57. The van der Waals surface area contributed by atoms with Crippen molar-refractivity contribution in [2.24, 2.45) is 0 Å². The number of para-hydroxylation sites is 2. The first-order valence-corrected chi connectivity index (χ1v) is 9.56. The van der Waals surface area contributed by atoms with Crippen molar-refractivity contribution in [1.29, 1.82) is 0 Å². The first-order valence-electron chi connectivity index (χ1n) is 8.34. The second-order valence-electron chi connectivity index (χ2n) is 5.88. The molecule has 0 spiro atoms. The van der Waals surface area contributed by atoms with Crippen LogP contribution in [0.1, 0.15) is 16.2 Å². The average molecular weight is 410 g/mol. The summed E-state index contributed by atoms with van der Waals surface area (Å²) in [7, 11) is 0. The molecule has 1 aromatic carbocycles. The van der Waals surface area contributed by atoms with Gasteiger partial charge in [-0.1, -0.05) is 29.5 Å². The summed E-state index contributed by atoms with van der Waals surface area (Å²) in [5.74, 6) is 0.286. The highest BCUT2D eigenvalue weighted by atomic mass is 32.1. The second-order valence-corrected chi connectivity index (χ2v) is 7.27. The van der Waals surface area contributed by atoms with Gasteiger partial charge in [0.1, 0.15) is 5.69 Å². The minimum atomic E-state index is -0.372. The number of benzene rings is 1. The maximum Gasteiger partial charge on any atom is 0.277 e. The number of nitrogens with one attached hydrogen (secondary N) is 2. The van der Waals surface area contributed by atoms with Gasteiger partial charge in [0, 0.05) is 6.54 Å². The minimum Gasteiger partial charge on any atom is -0.296 e. The number of thiazole rings is 1. The number of carbonyl (C=O) groups is 1. The van der Waals surface area contributed by atoms with Crippen LogP contribution in [0.25, 0.3) is 21.7 Å². The fraction of sp³-hybridized carbons (Fsp3) is 0.111. The lowest BCUT2D eigenvalue weighted by atomic mass is 10.3. The molecule has 0 atom stereocenters. The number of nitrogens with zero attached hydrogens (tertiary/aromatic N) is 5. The van der Waals surface area contributed by atoms with Crippen LogP contribution in [0.2, 0.25) is 0 Å². The van der Waals surface area contributed by atoms with Gasteiger partial charge in [0.2, 0.25) is 0 Å². The summed E-state index contributed by atoms with van der Waals surface area (Å²) in [6, 6.07) is 7.38. The summed E-state index contributed by atoms with van der Waals surface area (Å²) in [5, 5.41) is 10.3. The van der Waals surface area contributed by atoms with E-state index in [1.807, 2.05) is 35.8 Å². The van der Waals surface area contributed by atoms with Gasteiger partial charge in [0.05, 0.1) is 27.8 Å². The maximum atomic E-state index is 12.6. The van der Waals surface area contributed by atoms with Gasteiger partial charge in [-0.25, -0.2) is 9.97 Å². The number of rotatable bonds is 5. The Balaban J connectivity index is 1.62. The van der Waals surface area contributed by atoms with Crippen LogP contribution < -0.4 is 5.32 Å². The summed E-state index contributed by atoms with van der Waals surface area (Å²) < 4.78 is 2.32. The van der Waals surface area contributed by atoms with Gasteiger partial charge in [0.15, 0.2) is 15.7 Å². The smallest absolute Gasteiger partial charge is 0.277 e. The molecular weight excluding hydrogens is 394 g/mol. The fourth-order valence-electron chi connectivity index (χ4n) is 2.67. The lowest BCUT2D eigenvalue weighted by Crippen LogP contribution is -2.14. The van der Waals surface area contributed by atoms with Crippen molar-refractivity contribution in [3.8, 4) is 10.7 Å². The van der Waals surface area contributed by atoms with Gasteiger partial charge in [-0.2, -0.15) is 5.10 Å². The SMILES string of the molecule is C=CCn1c(-c2sc(NC(=O)c3cnc4ccccc4n3)nc2C)n[nH]c1=S. The number of hydrogen-bond donors (Lipinski definition) is 2. The lowest BCUT2D eigenvalue weighted by Gasteiger charge is -2.02. The Kier molecular flexibility index (Phi) is 4.80. The van der Waals surface area contributed by atoms with E-state index in [1.54, 1.807) is 6.08 Å². The third-order valence-electron chi connectivity index (χ3n) is 3.97. The van der Waals surface area contributed by atoms with E-state index in [0.29, 0.717) is 27.8 Å². The molecule has 0 aliphatic heterocycles. The number of anilines is 1. The quantitative estimate of drug-likeness (QED) is 0.384. The first-order chi connectivity index (χ1) is 13.6. The number of aromatic amines is 1. The highest BCUT2D eigenvalue weighted by molar-refractivity contribution is 7.71. The molecular formula is C18H15N7OS2. The van der Waals surface area contributed by atoms with E-state index in [1.165, 1.54) is 17.5 Å². The van der Waals surface area contributed by atoms with Crippen molar-refractivity contribution in [1.82, 2.24) is 29.7 Å². The Morgan fingerprint density at radius 3 is 2.93 bits per heavy atom. The van der Waals surface area contributed by atoms with Crippen LogP contribution in [-0.4, -0.2) is 35.6 Å². The van der Waals surface area contributed by atoms with Crippen molar-refractivity contribution in [2.45, 2.75) is 13.5 Å². The van der Waals surface area contributed by atoms with Gasteiger partial charge in [0.25, 0.3) is 5.91 Å². The van der Waals surface area contributed by atoms with Crippen LogP contribution in [-0.2, 0) is 6.54 Å². The standard InChI is InChI=1S/C18H15N7OS2/c1-3-8-25-15(23-24-18(25)27)14-10(2)20-17(28-14)22-16(26)13-9-19-11-6-4-5-7-12(11)21-13/h3-7,9H,1,8H2,2H3,(H,24,27)(H,20,22,26). The molecule has 0 saturated heterocycles. The summed E-state index contributed by atoms with van der Waals surface area (Å²) in [4.78, 5) is 26.5. The number of H-pyrrole nitrogens is 1. The topological polar surface area (TPSA) is 101 Å². The third kappa shape index (κ3) is 3.35. The Morgan fingerprint density at radius 1 is 1.36 bits per heavy atom. The number of hydrogen-bond acceptors (Lipinski definition) is 7. The van der Waals surface area contributed by atoms with E-state index in [4.69, 9.17) is 12.2 Å². The predicted molar refractivity (Wildman–Crippen MR) is 111 cm³/mol. The van der Waals surface area contributed by atoms with E-state index in [0.717, 1.165) is 16.1 Å². The molecule has 0 unspecified atom stereocenters. The normalized spacial score (nSPS) is 10.9. The number of allylic oxidation sites excluding steroid dienone is 1. The minimum absolute atomic E-state index is 0.224. The third-order valence-corrected chi connectivity index (χ3v) is 5.35. The molecule has 0 aliphatic carbocycles. The van der Waals surface area contributed by atoms with Gasteiger partial charge in [-0.05, 0) is 31.3 Å². The molecule has 10 heteroatoms. The van der Waals surface area contributed by atoms with Crippen molar-refractivity contribution < 1.29 is 4.79 Å².